The molecule has 4 aromatic rings. The van der Waals surface area contributed by atoms with Gasteiger partial charge in [0, 0.05) is 36.8 Å². The Hall–Kier alpha value is -4.07. The number of rotatable bonds is 5. The molecule has 1 aromatic heterocycles. The predicted molar refractivity (Wildman–Crippen MR) is 131 cm³/mol. The first-order chi connectivity index (χ1) is 16.9. The van der Waals surface area contributed by atoms with E-state index in [9.17, 15) is 18.4 Å². The van der Waals surface area contributed by atoms with Crippen LogP contribution in [0.4, 0.5) is 14.7 Å². The van der Waals surface area contributed by atoms with Crippen molar-refractivity contribution in [2.75, 3.05) is 18.0 Å². The van der Waals surface area contributed by atoms with Gasteiger partial charge in [-0.2, -0.15) is 0 Å². The van der Waals surface area contributed by atoms with Crippen molar-refractivity contribution in [2.24, 2.45) is 0 Å². The van der Waals surface area contributed by atoms with Gasteiger partial charge in [-0.05, 0) is 56.2 Å². The zero-order chi connectivity index (χ0) is 24.5. The summed E-state index contributed by atoms with van der Waals surface area (Å²) in [6.45, 7) is 3.49. The zero-order valence-electron chi connectivity index (χ0n) is 19.2. The molecule has 2 heterocycles. The van der Waals surface area contributed by atoms with Gasteiger partial charge >= 0.3 is 0 Å². The van der Waals surface area contributed by atoms with E-state index in [1.807, 2.05) is 31.2 Å². The van der Waals surface area contributed by atoms with Gasteiger partial charge in [0.15, 0.2) is 0 Å². The van der Waals surface area contributed by atoms with Crippen molar-refractivity contribution in [1.29, 1.82) is 0 Å². The normalized spacial score (nSPS) is 13.4. The van der Waals surface area contributed by atoms with Crippen LogP contribution in [-0.2, 0) is 6.54 Å². The van der Waals surface area contributed by atoms with Crippen LogP contribution in [0.3, 0.4) is 0 Å². The molecule has 1 N–H and O–H groups in total. The lowest BCUT2D eigenvalue weighted by atomic mass is 10.1. The molecular formula is C27H24F2N4O2. The second-order valence-electron chi connectivity index (χ2n) is 8.73. The van der Waals surface area contributed by atoms with E-state index in [1.165, 1.54) is 6.07 Å². The largest absolute Gasteiger partial charge is 0.348 e. The van der Waals surface area contributed by atoms with Gasteiger partial charge in [-0.1, -0.05) is 23.8 Å². The summed E-state index contributed by atoms with van der Waals surface area (Å²) in [5, 5.41) is 3.04. The number of nitrogens with zero attached hydrogens (tertiary/aromatic N) is 3. The highest BCUT2D eigenvalue weighted by Crippen LogP contribution is 2.24. The standard InChI is InChI=1S/C27H24F2N4O2/c1-17-4-9-21(10-5-17)33-26(35)22-11-7-18(14-24(22)31-27(33)32-12-2-3-13-32)25(34)30-16-19-6-8-20(28)15-23(19)29/h4-11,14-15H,2-3,12-13,16H2,1H3,(H,30,34). The molecule has 0 unspecified atom stereocenters. The summed E-state index contributed by atoms with van der Waals surface area (Å²) < 4.78 is 28.7. The molecule has 1 aliphatic heterocycles. The molecule has 1 amide bonds. The van der Waals surface area contributed by atoms with Crippen LogP contribution in [0.15, 0.2) is 65.5 Å². The van der Waals surface area contributed by atoms with E-state index in [0.29, 0.717) is 22.4 Å². The SMILES string of the molecule is Cc1ccc(-n2c(N3CCCC3)nc3cc(C(=O)NCc4ccc(F)cc4F)ccc3c2=O)cc1. The summed E-state index contributed by atoms with van der Waals surface area (Å²) in [5.74, 6) is -1.29. The van der Waals surface area contributed by atoms with E-state index in [1.54, 1.807) is 22.8 Å². The van der Waals surface area contributed by atoms with Crippen LogP contribution in [0.2, 0.25) is 0 Å². The number of halogens is 2. The average Bonchev–Trinajstić information content (AvgIpc) is 3.39. The molecule has 178 valence electrons. The minimum absolute atomic E-state index is 0.0928. The van der Waals surface area contributed by atoms with Crippen LogP contribution in [0.25, 0.3) is 16.6 Å². The molecule has 1 aliphatic rings. The van der Waals surface area contributed by atoms with E-state index in [0.717, 1.165) is 49.3 Å². The Morgan fingerprint density at radius 1 is 1.00 bits per heavy atom. The molecule has 0 bridgehead atoms. The number of anilines is 1. The van der Waals surface area contributed by atoms with Crippen molar-refractivity contribution in [3.05, 3.63) is 99.3 Å². The summed E-state index contributed by atoms with van der Waals surface area (Å²) >= 11 is 0. The lowest BCUT2D eigenvalue weighted by molar-refractivity contribution is 0.0950. The van der Waals surface area contributed by atoms with Crippen LogP contribution >= 0.6 is 0 Å². The molecule has 0 aliphatic carbocycles. The molecule has 3 aromatic carbocycles. The minimum Gasteiger partial charge on any atom is -0.348 e. The zero-order valence-corrected chi connectivity index (χ0v) is 19.2. The highest BCUT2D eigenvalue weighted by molar-refractivity contribution is 5.97. The summed E-state index contributed by atoms with van der Waals surface area (Å²) in [5.41, 5.74) is 2.51. The molecule has 5 rings (SSSR count). The van der Waals surface area contributed by atoms with Crippen molar-refractivity contribution in [1.82, 2.24) is 14.9 Å². The number of aryl methyl sites for hydroxylation is 1. The molecule has 0 radical (unpaired) electrons. The third-order valence-corrected chi connectivity index (χ3v) is 6.25. The molecule has 6 nitrogen and oxygen atoms in total. The van der Waals surface area contributed by atoms with Crippen molar-refractivity contribution in [3.8, 4) is 5.69 Å². The van der Waals surface area contributed by atoms with Crippen molar-refractivity contribution < 1.29 is 13.6 Å². The molecule has 0 saturated carbocycles. The second-order valence-corrected chi connectivity index (χ2v) is 8.73. The van der Waals surface area contributed by atoms with Gasteiger partial charge in [0.2, 0.25) is 5.95 Å². The third kappa shape index (κ3) is 4.51. The van der Waals surface area contributed by atoms with Crippen molar-refractivity contribution >= 4 is 22.8 Å². The average molecular weight is 475 g/mol. The number of carbonyl (C=O) groups is 1. The molecule has 8 heteroatoms. The van der Waals surface area contributed by atoms with Gasteiger partial charge in [-0.3, -0.25) is 9.59 Å². The first-order valence-electron chi connectivity index (χ1n) is 11.5. The lowest BCUT2D eigenvalue weighted by Crippen LogP contribution is -2.30. The van der Waals surface area contributed by atoms with E-state index in [4.69, 9.17) is 4.98 Å². The molecular weight excluding hydrogens is 450 g/mol. The number of carbonyl (C=O) groups excluding carboxylic acids is 1. The molecule has 0 atom stereocenters. The monoisotopic (exact) mass is 474 g/mol. The number of hydrogen-bond donors (Lipinski definition) is 1. The Morgan fingerprint density at radius 3 is 2.46 bits per heavy atom. The van der Waals surface area contributed by atoms with Crippen LogP contribution in [-0.4, -0.2) is 28.5 Å². The summed E-state index contributed by atoms with van der Waals surface area (Å²) in [7, 11) is 0. The van der Waals surface area contributed by atoms with Crippen molar-refractivity contribution in [3.63, 3.8) is 0 Å². The van der Waals surface area contributed by atoms with Gasteiger partial charge in [0.1, 0.15) is 11.6 Å². The number of benzene rings is 3. The van der Waals surface area contributed by atoms with E-state index < -0.39 is 17.5 Å². The van der Waals surface area contributed by atoms with Gasteiger partial charge in [0.25, 0.3) is 11.5 Å². The van der Waals surface area contributed by atoms with E-state index >= 15 is 0 Å². The minimum atomic E-state index is -0.725. The number of amides is 1. The van der Waals surface area contributed by atoms with Gasteiger partial charge < -0.3 is 10.2 Å². The summed E-state index contributed by atoms with van der Waals surface area (Å²) in [4.78, 5) is 33.2. The third-order valence-electron chi connectivity index (χ3n) is 6.25. The smallest absolute Gasteiger partial charge is 0.267 e. The van der Waals surface area contributed by atoms with Crippen LogP contribution in [0, 0.1) is 18.6 Å². The fraction of sp³-hybridized carbons (Fsp3) is 0.222. The van der Waals surface area contributed by atoms with Gasteiger partial charge in [-0.15, -0.1) is 0 Å². The Morgan fingerprint density at radius 2 is 1.74 bits per heavy atom. The maximum atomic E-state index is 13.9. The van der Waals surface area contributed by atoms with Crippen LogP contribution in [0.1, 0.15) is 34.3 Å². The molecule has 1 fully saturated rings. The highest BCUT2D eigenvalue weighted by Gasteiger charge is 2.22. The fourth-order valence-corrected chi connectivity index (χ4v) is 4.31. The topological polar surface area (TPSA) is 67.2 Å². The Kier molecular flexibility index (Phi) is 6.03. The molecule has 0 spiro atoms. The molecule has 35 heavy (non-hydrogen) atoms. The summed E-state index contributed by atoms with van der Waals surface area (Å²) in [6.07, 6.45) is 2.04. The van der Waals surface area contributed by atoms with Gasteiger partial charge in [0.05, 0.1) is 16.6 Å². The fourth-order valence-electron chi connectivity index (χ4n) is 4.31. The Balaban J connectivity index is 1.52. The molecule has 1 saturated heterocycles. The summed E-state index contributed by atoms with van der Waals surface area (Å²) in [6, 6.07) is 15.7. The van der Waals surface area contributed by atoms with Crippen LogP contribution in [0.5, 0.6) is 0 Å². The second kappa shape index (κ2) is 9.29. The van der Waals surface area contributed by atoms with Crippen molar-refractivity contribution in [2.45, 2.75) is 26.3 Å². The number of nitrogens with one attached hydrogen (secondary N) is 1. The predicted octanol–water partition coefficient (Wildman–Crippen LogP) is 4.50. The van der Waals surface area contributed by atoms with E-state index in [-0.39, 0.29) is 17.7 Å². The van der Waals surface area contributed by atoms with E-state index in [2.05, 4.69) is 10.2 Å². The number of hydrogen-bond acceptors (Lipinski definition) is 4. The maximum Gasteiger partial charge on any atom is 0.267 e. The highest BCUT2D eigenvalue weighted by atomic mass is 19.1. The maximum absolute atomic E-state index is 13.9. The van der Waals surface area contributed by atoms with Gasteiger partial charge in [-0.25, -0.2) is 18.3 Å². The number of aromatic nitrogens is 2. The number of fused-ring (bicyclic) bond motifs is 1. The lowest BCUT2D eigenvalue weighted by Gasteiger charge is -2.22. The Labute approximate surface area is 200 Å². The Bertz CT molecular complexity index is 1480. The quantitative estimate of drug-likeness (QED) is 0.463. The first-order valence-corrected chi connectivity index (χ1v) is 11.5. The van der Waals surface area contributed by atoms with Crippen LogP contribution < -0.4 is 15.8 Å². The first kappa shape index (κ1) is 22.7.